The number of carbonyl (C=O) groups is 2. The van der Waals surface area contributed by atoms with E-state index in [9.17, 15) is 9.59 Å². The number of rotatable bonds is 2. The third-order valence-corrected chi connectivity index (χ3v) is 9.42. The largest absolute Gasteiger partial charge is 0.335 e. The molecule has 2 N–H and O–H groups in total. The van der Waals surface area contributed by atoms with Crippen molar-refractivity contribution in [2.45, 2.75) is 69.4 Å². The van der Waals surface area contributed by atoms with E-state index in [1.165, 1.54) is 37.7 Å². The fraction of sp³-hybridized carbons (Fsp3) is 0.692. The number of ketones is 1. The number of amides is 2. The van der Waals surface area contributed by atoms with E-state index < -0.39 is 0 Å². The van der Waals surface area contributed by atoms with Crippen LogP contribution in [-0.4, -0.2) is 42.4 Å². The van der Waals surface area contributed by atoms with E-state index in [2.05, 4.69) is 33.7 Å². The van der Waals surface area contributed by atoms with Gasteiger partial charge in [-0.1, -0.05) is 24.3 Å². The lowest BCUT2D eigenvalue weighted by atomic mass is 9.54. The van der Waals surface area contributed by atoms with Crippen LogP contribution in [0.2, 0.25) is 0 Å². The molecule has 31 heavy (non-hydrogen) atoms. The average Bonchev–Trinajstić information content (AvgIpc) is 2.76. The van der Waals surface area contributed by atoms with E-state index in [0.717, 1.165) is 49.9 Å². The molecule has 5 fully saturated rings. The lowest BCUT2D eigenvalue weighted by Crippen LogP contribution is -2.60. The normalized spacial score (nSPS) is 37.5. The molecule has 4 bridgehead atoms. The summed E-state index contributed by atoms with van der Waals surface area (Å²) in [5.74, 6) is 3.48. The molecule has 2 aliphatic heterocycles. The number of urea groups is 1. The van der Waals surface area contributed by atoms with Gasteiger partial charge in [-0.2, -0.15) is 0 Å². The van der Waals surface area contributed by atoms with Crippen molar-refractivity contribution < 1.29 is 9.59 Å². The molecule has 1 atom stereocenters. The Bertz CT molecular complexity index is 860. The van der Waals surface area contributed by atoms with Crippen molar-refractivity contribution >= 4 is 11.8 Å². The molecule has 5 nitrogen and oxygen atoms in total. The second-order valence-corrected chi connectivity index (χ2v) is 11.2. The fourth-order valence-electron chi connectivity index (χ4n) is 8.08. The Balaban J connectivity index is 1.13. The van der Waals surface area contributed by atoms with Crippen LogP contribution in [0.4, 0.5) is 4.79 Å². The molecular weight excluding hydrogens is 386 g/mol. The SMILES string of the molecule is CC(=O)C1NCC2(CCN(C(=O)NC3C4CC5CC(C4)CC3C5)CC2)c2ccccc21. The first-order chi connectivity index (χ1) is 15.0. The number of likely N-dealkylation sites (tertiary alicyclic amines) is 1. The molecule has 1 unspecified atom stereocenters. The average molecular weight is 422 g/mol. The molecule has 1 spiro atoms. The van der Waals surface area contributed by atoms with E-state index in [0.29, 0.717) is 17.9 Å². The fourth-order valence-corrected chi connectivity index (χ4v) is 8.08. The van der Waals surface area contributed by atoms with Crippen molar-refractivity contribution in [1.29, 1.82) is 0 Å². The van der Waals surface area contributed by atoms with Gasteiger partial charge < -0.3 is 15.5 Å². The van der Waals surface area contributed by atoms with Gasteiger partial charge in [-0.3, -0.25) is 4.79 Å². The molecule has 4 saturated carbocycles. The third kappa shape index (κ3) is 3.23. The summed E-state index contributed by atoms with van der Waals surface area (Å²) in [5, 5.41) is 7.00. The van der Waals surface area contributed by atoms with Crippen LogP contribution in [0, 0.1) is 23.7 Å². The number of Topliss-reactive ketones (excluding diaryl/α,β-unsaturated/α-hetero) is 1. The Labute approximate surface area is 185 Å². The summed E-state index contributed by atoms with van der Waals surface area (Å²) < 4.78 is 0. The molecule has 166 valence electrons. The lowest BCUT2D eigenvalue weighted by molar-refractivity contribution is -0.119. The maximum Gasteiger partial charge on any atom is 0.317 e. The zero-order chi connectivity index (χ0) is 21.2. The Kier molecular flexibility index (Phi) is 4.68. The molecule has 2 amide bonds. The molecule has 0 aromatic heterocycles. The highest BCUT2D eigenvalue weighted by Gasteiger charge is 2.49. The quantitative estimate of drug-likeness (QED) is 0.764. The Hall–Kier alpha value is -1.88. The van der Waals surface area contributed by atoms with Gasteiger partial charge in [-0.25, -0.2) is 4.79 Å². The zero-order valence-corrected chi connectivity index (χ0v) is 18.6. The van der Waals surface area contributed by atoms with E-state index in [1.54, 1.807) is 6.92 Å². The highest BCUT2D eigenvalue weighted by atomic mass is 16.2. The number of nitrogens with zero attached hydrogens (tertiary/aromatic N) is 1. The number of benzene rings is 1. The zero-order valence-electron chi connectivity index (χ0n) is 18.6. The maximum atomic E-state index is 13.2. The third-order valence-electron chi connectivity index (χ3n) is 9.42. The minimum atomic E-state index is -0.194. The van der Waals surface area contributed by atoms with E-state index in [1.807, 2.05) is 6.07 Å². The van der Waals surface area contributed by atoms with Crippen molar-refractivity contribution in [2.24, 2.45) is 23.7 Å². The smallest absolute Gasteiger partial charge is 0.317 e. The van der Waals surface area contributed by atoms with Crippen LogP contribution in [0.15, 0.2) is 24.3 Å². The molecule has 2 heterocycles. The molecule has 5 heteroatoms. The number of fused-ring (bicyclic) bond motifs is 2. The maximum absolute atomic E-state index is 13.2. The van der Waals surface area contributed by atoms with Gasteiger partial charge in [-0.15, -0.1) is 0 Å². The van der Waals surface area contributed by atoms with Crippen molar-refractivity contribution in [2.75, 3.05) is 19.6 Å². The topological polar surface area (TPSA) is 61.4 Å². The number of nitrogens with one attached hydrogen (secondary N) is 2. The summed E-state index contributed by atoms with van der Waals surface area (Å²) in [6.45, 7) is 4.07. The van der Waals surface area contributed by atoms with Gasteiger partial charge in [-0.05, 0) is 86.7 Å². The molecule has 7 rings (SSSR count). The first-order valence-electron chi connectivity index (χ1n) is 12.4. The number of hydrogen-bond donors (Lipinski definition) is 2. The van der Waals surface area contributed by atoms with Gasteiger partial charge in [0.2, 0.25) is 0 Å². The van der Waals surface area contributed by atoms with Crippen molar-refractivity contribution in [1.82, 2.24) is 15.5 Å². The highest BCUT2D eigenvalue weighted by Crippen LogP contribution is 2.53. The standard InChI is InChI=1S/C26H35N3O2/c1-16(30)23-21-4-2-3-5-22(21)26(15-27-23)6-8-29(9-7-26)25(31)28-24-19-11-17-10-18(13-19)14-20(24)12-17/h2-5,17-20,23-24,27H,6-15H2,1H3,(H,28,31). The first-order valence-corrected chi connectivity index (χ1v) is 12.4. The predicted octanol–water partition coefficient (Wildman–Crippen LogP) is 3.79. The monoisotopic (exact) mass is 421 g/mol. The second kappa shape index (κ2) is 7.33. The summed E-state index contributed by atoms with van der Waals surface area (Å²) in [7, 11) is 0. The van der Waals surface area contributed by atoms with Crippen molar-refractivity contribution in [3.05, 3.63) is 35.4 Å². The minimum absolute atomic E-state index is 0.0297. The molecule has 0 radical (unpaired) electrons. The molecule has 1 saturated heterocycles. The predicted molar refractivity (Wildman–Crippen MR) is 120 cm³/mol. The second-order valence-electron chi connectivity index (χ2n) is 11.2. The number of hydrogen-bond acceptors (Lipinski definition) is 3. The molecular formula is C26H35N3O2. The van der Waals surface area contributed by atoms with Gasteiger partial charge in [0, 0.05) is 31.1 Å². The van der Waals surface area contributed by atoms with Crippen LogP contribution < -0.4 is 10.6 Å². The molecule has 4 aliphatic carbocycles. The van der Waals surface area contributed by atoms with Gasteiger partial charge in [0.05, 0.1) is 6.04 Å². The Morgan fingerprint density at radius 3 is 2.29 bits per heavy atom. The van der Waals surface area contributed by atoms with E-state index in [-0.39, 0.29) is 23.3 Å². The summed E-state index contributed by atoms with van der Waals surface area (Å²) in [6.07, 6.45) is 8.69. The molecule has 6 aliphatic rings. The summed E-state index contributed by atoms with van der Waals surface area (Å²) >= 11 is 0. The van der Waals surface area contributed by atoms with Crippen LogP contribution in [0.1, 0.15) is 69.0 Å². The van der Waals surface area contributed by atoms with Gasteiger partial charge >= 0.3 is 6.03 Å². The van der Waals surface area contributed by atoms with Crippen LogP contribution in [0.3, 0.4) is 0 Å². The van der Waals surface area contributed by atoms with Gasteiger partial charge in [0.1, 0.15) is 0 Å². The van der Waals surface area contributed by atoms with Crippen LogP contribution in [0.25, 0.3) is 0 Å². The number of piperidine rings is 1. The summed E-state index contributed by atoms with van der Waals surface area (Å²) in [5.41, 5.74) is 2.48. The highest BCUT2D eigenvalue weighted by molar-refractivity contribution is 5.84. The van der Waals surface area contributed by atoms with Crippen LogP contribution in [0.5, 0.6) is 0 Å². The first kappa shape index (κ1) is 19.8. The van der Waals surface area contributed by atoms with Crippen LogP contribution in [-0.2, 0) is 10.2 Å². The lowest BCUT2D eigenvalue weighted by Gasteiger charge is -2.54. The van der Waals surface area contributed by atoms with E-state index >= 15 is 0 Å². The Morgan fingerprint density at radius 2 is 1.65 bits per heavy atom. The summed E-state index contributed by atoms with van der Waals surface area (Å²) in [4.78, 5) is 27.4. The van der Waals surface area contributed by atoms with Gasteiger partial charge in [0.15, 0.2) is 5.78 Å². The Morgan fingerprint density at radius 1 is 1.00 bits per heavy atom. The molecule has 1 aromatic rings. The van der Waals surface area contributed by atoms with E-state index in [4.69, 9.17) is 0 Å². The van der Waals surface area contributed by atoms with Crippen molar-refractivity contribution in [3.63, 3.8) is 0 Å². The van der Waals surface area contributed by atoms with Crippen LogP contribution >= 0.6 is 0 Å². The van der Waals surface area contributed by atoms with Gasteiger partial charge in [0.25, 0.3) is 0 Å². The summed E-state index contributed by atoms with van der Waals surface area (Å²) in [6, 6.07) is 8.80. The minimum Gasteiger partial charge on any atom is -0.335 e. The molecule has 1 aromatic carbocycles. The van der Waals surface area contributed by atoms with Crippen molar-refractivity contribution in [3.8, 4) is 0 Å². The number of carbonyl (C=O) groups excluding carboxylic acids is 2.